The van der Waals surface area contributed by atoms with Gasteiger partial charge in [0.25, 0.3) is 11.7 Å². The van der Waals surface area contributed by atoms with Gasteiger partial charge in [0.15, 0.2) is 0 Å². The molecule has 1 fully saturated rings. The molecule has 4 rings (SSSR count). The highest BCUT2D eigenvalue weighted by molar-refractivity contribution is 9.10. The van der Waals surface area contributed by atoms with Gasteiger partial charge >= 0.3 is 0 Å². The van der Waals surface area contributed by atoms with Gasteiger partial charge < -0.3 is 5.11 Å². The van der Waals surface area contributed by atoms with E-state index in [-0.39, 0.29) is 11.3 Å². The number of rotatable bonds is 3. The molecule has 0 spiro atoms. The smallest absolute Gasteiger partial charge is 0.300 e. The first-order chi connectivity index (χ1) is 13.6. The predicted octanol–water partition coefficient (Wildman–Crippen LogP) is 4.47. The third-order valence-corrected chi connectivity index (χ3v) is 5.09. The van der Waals surface area contributed by atoms with Crippen LogP contribution in [-0.2, 0) is 9.59 Å². The van der Waals surface area contributed by atoms with Gasteiger partial charge in [-0.15, -0.1) is 0 Å². The molecule has 2 heterocycles. The Morgan fingerprint density at radius 2 is 1.68 bits per heavy atom. The van der Waals surface area contributed by atoms with E-state index < -0.39 is 17.7 Å². The third kappa shape index (κ3) is 3.12. The van der Waals surface area contributed by atoms with Crippen LogP contribution in [0.5, 0.6) is 0 Å². The van der Waals surface area contributed by atoms with E-state index in [2.05, 4.69) is 20.9 Å². The molecule has 1 amide bonds. The van der Waals surface area contributed by atoms with E-state index in [1.165, 1.54) is 4.90 Å². The van der Waals surface area contributed by atoms with Gasteiger partial charge in [0.2, 0.25) is 0 Å². The van der Waals surface area contributed by atoms with Gasteiger partial charge in [-0.25, -0.2) is 0 Å². The van der Waals surface area contributed by atoms with Crippen LogP contribution in [0.15, 0.2) is 89.2 Å². The van der Waals surface area contributed by atoms with E-state index in [0.29, 0.717) is 16.8 Å². The second-order valence-corrected chi connectivity index (χ2v) is 7.21. The fourth-order valence-corrected chi connectivity index (χ4v) is 3.72. The summed E-state index contributed by atoms with van der Waals surface area (Å²) in [5.74, 6) is -1.60. The van der Waals surface area contributed by atoms with Gasteiger partial charge in [0.05, 0.1) is 11.6 Å². The van der Waals surface area contributed by atoms with Gasteiger partial charge in [0, 0.05) is 28.1 Å². The number of aliphatic hydroxyl groups excluding tert-OH is 1. The maximum Gasteiger partial charge on any atom is 0.300 e. The highest BCUT2D eigenvalue weighted by atomic mass is 79.9. The Kier molecular flexibility index (Phi) is 4.79. The number of benzene rings is 2. The number of halogens is 1. The molecule has 1 atom stereocenters. The number of ketones is 1. The number of pyridine rings is 1. The number of aliphatic hydroxyl groups is 1. The fourth-order valence-electron chi connectivity index (χ4n) is 3.34. The van der Waals surface area contributed by atoms with Crippen molar-refractivity contribution in [3.05, 3.63) is 100 Å². The zero-order chi connectivity index (χ0) is 19.7. The Labute approximate surface area is 170 Å². The van der Waals surface area contributed by atoms with Gasteiger partial charge in [-0.3, -0.25) is 19.5 Å². The summed E-state index contributed by atoms with van der Waals surface area (Å²) >= 11 is 3.41. The summed E-state index contributed by atoms with van der Waals surface area (Å²) in [6.45, 7) is 0. The van der Waals surface area contributed by atoms with Gasteiger partial charge in [0.1, 0.15) is 5.76 Å². The highest BCUT2D eigenvalue weighted by Crippen LogP contribution is 2.42. The quantitative estimate of drug-likeness (QED) is 0.375. The van der Waals surface area contributed by atoms with Crippen molar-refractivity contribution in [2.45, 2.75) is 6.04 Å². The minimum absolute atomic E-state index is 0.0578. The van der Waals surface area contributed by atoms with Crippen molar-refractivity contribution in [3.63, 3.8) is 0 Å². The van der Waals surface area contributed by atoms with Crippen LogP contribution in [0.2, 0.25) is 0 Å². The van der Waals surface area contributed by atoms with E-state index >= 15 is 0 Å². The number of carbonyl (C=O) groups is 2. The van der Waals surface area contributed by atoms with Crippen LogP contribution >= 0.6 is 15.9 Å². The van der Waals surface area contributed by atoms with Crippen LogP contribution in [0.3, 0.4) is 0 Å². The molecule has 28 heavy (non-hydrogen) atoms. The van der Waals surface area contributed by atoms with Crippen molar-refractivity contribution < 1.29 is 14.7 Å². The number of Topliss-reactive ketones (excluding diaryl/α,β-unsaturated/α-hetero) is 1. The van der Waals surface area contributed by atoms with E-state index in [1.807, 2.05) is 12.1 Å². The van der Waals surface area contributed by atoms with Crippen molar-refractivity contribution in [1.82, 2.24) is 4.98 Å². The Hall–Kier alpha value is -3.25. The first-order valence-corrected chi connectivity index (χ1v) is 9.39. The second kappa shape index (κ2) is 7.40. The maximum absolute atomic E-state index is 12.9. The van der Waals surface area contributed by atoms with Crippen molar-refractivity contribution in [1.29, 1.82) is 0 Å². The maximum atomic E-state index is 12.9. The summed E-state index contributed by atoms with van der Waals surface area (Å²) in [6, 6.07) is 18.6. The summed E-state index contributed by atoms with van der Waals surface area (Å²) in [5.41, 5.74) is 1.79. The molecule has 1 N–H and O–H groups in total. The number of carbonyl (C=O) groups excluding carboxylic acids is 2. The standard InChI is InChI=1S/C22H15BrN2O3/c23-16-7-4-8-17(13-16)25-19(14-9-11-24-12-10-14)18(21(27)22(25)28)20(26)15-5-2-1-3-6-15/h1-13,19,26H/b20-18+. The van der Waals surface area contributed by atoms with Crippen molar-refractivity contribution in [2.24, 2.45) is 0 Å². The molecule has 1 aromatic heterocycles. The van der Waals surface area contributed by atoms with E-state index in [1.54, 1.807) is 67.0 Å². The average Bonchev–Trinajstić information content (AvgIpc) is 3.00. The Bertz CT molecular complexity index is 1080. The number of hydrogen-bond acceptors (Lipinski definition) is 4. The zero-order valence-corrected chi connectivity index (χ0v) is 16.2. The lowest BCUT2D eigenvalue weighted by atomic mass is 9.96. The Morgan fingerprint density at radius 3 is 2.36 bits per heavy atom. The average molecular weight is 435 g/mol. The molecule has 1 unspecified atom stereocenters. The number of anilines is 1. The van der Waals surface area contributed by atoms with Crippen LogP contribution in [0.25, 0.3) is 5.76 Å². The molecular formula is C22H15BrN2O3. The van der Waals surface area contributed by atoms with E-state index in [4.69, 9.17) is 0 Å². The Morgan fingerprint density at radius 1 is 0.964 bits per heavy atom. The molecule has 3 aromatic rings. The van der Waals surface area contributed by atoms with Gasteiger partial charge in [-0.1, -0.05) is 52.3 Å². The van der Waals surface area contributed by atoms with Crippen LogP contribution < -0.4 is 4.90 Å². The van der Waals surface area contributed by atoms with Crippen LogP contribution in [0, 0.1) is 0 Å². The molecule has 1 saturated heterocycles. The summed E-state index contributed by atoms with van der Waals surface area (Å²) in [5, 5.41) is 10.9. The zero-order valence-electron chi connectivity index (χ0n) is 14.6. The lowest BCUT2D eigenvalue weighted by molar-refractivity contribution is -0.132. The monoisotopic (exact) mass is 434 g/mol. The minimum Gasteiger partial charge on any atom is -0.507 e. The first-order valence-electron chi connectivity index (χ1n) is 8.60. The SMILES string of the molecule is O=C1C(=O)N(c2cccc(Br)c2)C(c2ccncc2)/C1=C(\O)c1ccccc1. The molecule has 0 radical (unpaired) electrons. The number of hydrogen-bond donors (Lipinski definition) is 1. The molecule has 1 aliphatic rings. The van der Waals surface area contributed by atoms with E-state index in [9.17, 15) is 14.7 Å². The summed E-state index contributed by atoms with van der Waals surface area (Å²) in [7, 11) is 0. The summed E-state index contributed by atoms with van der Waals surface area (Å²) in [6.07, 6.45) is 3.19. The first kappa shape index (κ1) is 18.1. The fraction of sp³-hybridized carbons (Fsp3) is 0.0455. The van der Waals surface area contributed by atoms with Crippen LogP contribution in [0.1, 0.15) is 17.2 Å². The molecule has 6 heteroatoms. The number of amides is 1. The van der Waals surface area contributed by atoms with Crippen molar-refractivity contribution >= 4 is 39.1 Å². The number of aromatic nitrogens is 1. The van der Waals surface area contributed by atoms with Crippen molar-refractivity contribution in [2.75, 3.05) is 4.90 Å². The van der Waals surface area contributed by atoms with Crippen molar-refractivity contribution in [3.8, 4) is 0 Å². The minimum atomic E-state index is -0.752. The molecule has 0 bridgehead atoms. The lowest BCUT2D eigenvalue weighted by Crippen LogP contribution is -2.29. The topological polar surface area (TPSA) is 70.5 Å². The van der Waals surface area contributed by atoms with Crippen LogP contribution in [-0.4, -0.2) is 21.8 Å². The summed E-state index contributed by atoms with van der Waals surface area (Å²) in [4.78, 5) is 31.3. The normalized spacial score (nSPS) is 18.5. The lowest BCUT2D eigenvalue weighted by Gasteiger charge is -2.25. The second-order valence-electron chi connectivity index (χ2n) is 6.30. The van der Waals surface area contributed by atoms with E-state index in [0.717, 1.165) is 4.47 Å². The molecule has 138 valence electrons. The third-order valence-electron chi connectivity index (χ3n) is 4.60. The summed E-state index contributed by atoms with van der Waals surface area (Å²) < 4.78 is 0.781. The number of nitrogens with zero attached hydrogens (tertiary/aromatic N) is 2. The predicted molar refractivity (Wildman–Crippen MR) is 110 cm³/mol. The largest absolute Gasteiger partial charge is 0.507 e. The highest BCUT2D eigenvalue weighted by Gasteiger charge is 2.46. The molecule has 0 saturated carbocycles. The Balaban J connectivity index is 1.95. The molecule has 0 aliphatic carbocycles. The molecule has 5 nitrogen and oxygen atoms in total. The van der Waals surface area contributed by atoms with Gasteiger partial charge in [-0.2, -0.15) is 0 Å². The molecule has 1 aliphatic heterocycles. The van der Waals surface area contributed by atoms with Gasteiger partial charge in [-0.05, 0) is 35.9 Å². The molecule has 2 aromatic carbocycles. The van der Waals surface area contributed by atoms with Crippen LogP contribution in [0.4, 0.5) is 5.69 Å². The molecular weight excluding hydrogens is 420 g/mol.